The van der Waals surface area contributed by atoms with Gasteiger partial charge < -0.3 is 15.2 Å². The van der Waals surface area contributed by atoms with Gasteiger partial charge in [-0.25, -0.2) is 0 Å². The molecule has 1 aliphatic heterocycles. The predicted molar refractivity (Wildman–Crippen MR) is 67.7 cm³/mol. The maximum Gasteiger partial charge on any atom is 0.0971 e. The second-order valence-electron chi connectivity index (χ2n) is 4.49. The Morgan fingerprint density at radius 3 is 2.41 bits per heavy atom. The molecule has 0 aliphatic carbocycles. The Morgan fingerprint density at radius 2 is 1.88 bits per heavy atom. The first-order chi connectivity index (χ1) is 8.22. The van der Waals surface area contributed by atoms with E-state index in [2.05, 4.69) is 11.0 Å². The monoisotopic (exact) mass is 236 g/mol. The van der Waals surface area contributed by atoms with Crippen molar-refractivity contribution >= 4 is 5.69 Å². The molecule has 2 atom stereocenters. The van der Waals surface area contributed by atoms with E-state index < -0.39 is 0 Å². The summed E-state index contributed by atoms with van der Waals surface area (Å²) in [5, 5.41) is 0. The molecule has 2 rings (SSSR count). The van der Waals surface area contributed by atoms with Gasteiger partial charge in [0.2, 0.25) is 0 Å². The summed E-state index contributed by atoms with van der Waals surface area (Å²) in [7, 11) is 3.47. The average Bonchev–Trinajstić information content (AvgIpc) is 2.71. The summed E-state index contributed by atoms with van der Waals surface area (Å²) >= 11 is 0. The molecular formula is C13H20N2O2. The van der Waals surface area contributed by atoms with Gasteiger partial charge >= 0.3 is 0 Å². The van der Waals surface area contributed by atoms with Crippen molar-refractivity contribution in [3.05, 3.63) is 29.8 Å². The number of hydrogen-bond acceptors (Lipinski definition) is 4. The van der Waals surface area contributed by atoms with Crippen LogP contribution in [0.3, 0.4) is 0 Å². The molecule has 1 saturated heterocycles. The lowest BCUT2D eigenvalue weighted by Gasteiger charge is -2.15. The minimum Gasteiger partial charge on any atom is -0.399 e. The zero-order valence-corrected chi connectivity index (χ0v) is 10.4. The molecule has 0 amide bonds. The highest BCUT2D eigenvalue weighted by molar-refractivity contribution is 5.40. The second kappa shape index (κ2) is 5.49. The van der Waals surface area contributed by atoms with E-state index in [1.54, 1.807) is 14.2 Å². The predicted octanol–water partition coefficient (Wildman–Crippen LogP) is 1.11. The third kappa shape index (κ3) is 2.97. The fourth-order valence-corrected chi connectivity index (χ4v) is 2.35. The zero-order valence-electron chi connectivity index (χ0n) is 10.4. The number of nitrogen functional groups attached to an aromatic ring is 1. The maximum absolute atomic E-state index is 5.77. The highest BCUT2D eigenvalue weighted by Crippen LogP contribution is 2.19. The molecule has 2 N–H and O–H groups in total. The quantitative estimate of drug-likeness (QED) is 0.796. The summed E-state index contributed by atoms with van der Waals surface area (Å²) in [6.07, 6.45) is 0.335. The van der Waals surface area contributed by atoms with Gasteiger partial charge in [-0.15, -0.1) is 0 Å². The van der Waals surface area contributed by atoms with Gasteiger partial charge in [0, 0.05) is 39.5 Å². The molecule has 0 radical (unpaired) electrons. The number of nitrogens with two attached hydrogens (primary N) is 1. The number of likely N-dealkylation sites (tertiary alicyclic amines) is 1. The van der Waals surface area contributed by atoms with E-state index in [0.717, 1.165) is 25.3 Å². The fourth-order valence-electron chi connectivity index (χ4n) is 2.35. The summed E-state index contributed by atoms with van der Waals surface area (Å²) in [4.78, 5) is 2.33. The van der Waals surface area contributed by atoms with Crippen LogP contribution in [0.15, 0.2) is 24.3 Å². The van der Waals surface area contributed by atoms with E-state index in [0.29, 0.717) is 0 Å². The molecule has 1 aliphatic rings. The Labute approximate surface area is 102 Å². The van der Waals surface area contributed by atoms with E-state index in [1.165, 1.54) is 5.56 Å². The smallest absolute Gasteiger partial charge is 0.0971 e. The van der Waals surface area contributed by atoms with E-state index in [-0.39, 0.29) is 12.2 Å². The van der Waals surface area contributed by atoms with Gasteiger partial charge in [-0.1, -0.05) is 12.1 Å². The highest BCUT2D eigenvalue weighted by Gasteiger charge is 2.32. The molecule has 0 aromatic heterocycles. The van der Waals surface area contributed by atoms with E-state index in [9.17, 15) is 0 Å². The van der Waals surface area contributed by atoms with Crippen LogP contribution in [0.5, 0.6) is 0 Å². The van der Waals surface area contributed by atoms with Gasteiger partial charge in [0.15, 0.2) is 0 Å². The van der Waals surface area contributed by atoms with Gasteiger partial charge in [-0.3, -0.25) is 4.90 Å². The van der Waals surface area contributed by atoms with Crippen LogP contribution in [0, 0.1) is 0 Å². The van der Waals surface area contributed by atoms with Crippen molar-refractivity contribution < 1.29 is 9.47 Å². The lowest BCUT2D eigenvalue weighted by molar-refractivity contribution is -0.00461. The Kier molecular flexibility index (Phi) is 3.99. The Bertz CT molecular complexity index is 358. The van der Waals surface area contributed by atoms with Crippen LogP contribution in [0.4, 0.5) is 5.69 Å². The summed E-state index contributed by atoms with van der Waals surface area (Å²) in [6.45, 7) is 2.71. The molecule has 0 spiro atoms. The van der Waals surface area contributed by atoms with Crippen LogP contribution in [-0.2, 0) is 16.0 Å². The molecule has 1 heterocycles. The number of rotatable bonds is 4. The Morgan fingerprint density at radius 1 is 1.24 bits per heavy atom. The SMILES string of the molecule is COC1CN(Cc2cccc(N)c2)CC1OC. The number of benzene rings is 1. The number of anilines is 1. The van der Waals surface area contributed by atoms with Crippen molar-refractivity contribution in [2.24, 2.45) is 0 Å². The lowest BCUT2D eigenvalue weighted by atomic mass is 10.2. The standard InChI is InChI=1S/C13H20N2O2/c1-16-12-8-15(9-13(12)17-2)7-10-4-3-5-11(14)6-10/h3-6,12-13H,7-9,14H2,1-2H3. The molecule has 0 saturated carbocycles. The molecule has 1 aromatic carbocycles. The first-order valence-corrected chi connectivity index (χ1v) is 5.85. The van der Waals surface area contributed by atoms with Crippen LogP contribution in [-0.4, -0.2) is 44.4 Å². The molecule has 1 aromatic rings. The van der Waals surface area contributed by atoms with Crippen LogP contribution in [0.1, 0.15) is 5.56 Å². The van der Waals surface area contributed by atoms with E-state index in [4.69, 9.17) is 15.2 Å². The normalized spacial score (nSPS) is 25.3. The van der Waals surface area contributed by atoms with Crippen molar-refractivity contribution in [2.75, 3.05) is 33.0 Å². The van der Waals surface area contributed by atoms with Gasteiger partial charge in [0.1, 0.15) is 0 Å². The summed E-state index contributed by atoms with van der Waals surface area (Å²) in [6, 6.07) is 8.01. The minimum absolute atomic E-state index is 0.168. The van der Waals surface area contributed by atoms with Crippen molar-refractivity contribution in [1.82, 2.24) is 4.90 Å². The minimum atomic E-state index is 0.168. The third-order valence-electron chi connectivity index (χ3n) is 3.25. The van der Waals surface area contributed by atoms with Gasteiger partial charge in [-0.05, 0) is 17.7 Å². The number of nitrogens with zero attached hydrogens (tertiary/aromatic N) is 1. The largest absolute Gasteiger partial charge is 0.399 e. The van der Waals surface area contributed by atoms with Crippen molar-refractivity contribution in [2.45, 2.75) is 18.8 Å². The average molecular weight is 236 g/mol. The Hall–Kier alpha value is -1.10. The third-order valence-corrected chi connectivity index (χ3v) is 3.25. The van der Waals surface area contributed by atoms with E-state index in [1.807, 2.05) is 18.2 Å². The van der Waals surface area contributed by atoms with Crippen molar-refractivity contribution in [1.29, 1.82) is 0 Å². The summed E-state index contributed by atoms with van der Waals surface area (Å²) in [5.74, 6) is 0. The number of ether oxygens (including phenoxy) is 2. The molecule has 94 valence electrons. The van der Waals surface area contributed by atoms with Crippen LogP contribution < -0.4 is 5.73 Å². The first kappa shape index (κ1) is 12.4. The van der Waals surface area contributed by atoms with Crippen molar-refractivity contribution in [3.8, 4) is 0 Å². The molecule has 1 fully saturated rings. The van der Waals surface area contributed by atoms with Crippen LogP contribution in [0.25, 0.3) is 0 Å². The molecule has 2 unspecified atom stereocenters. The number of methoxy groups -OCH3 is 2. The molecule has 4 nitrogen and oxygen atoms in total. The molecule has 0 bridgehead atoms. The van der Waals surface area contributed by atoms with Crippen molar-refractivity contribution in [3.63, 3.8) is 0 Å². The molecule has 4 heteroatoms. The Balaban J connectivity index is 1.97. The van der Waals surface area contributed by atoms with Gasteiger partial charge in [0.25, 0.3) is 0 Å². The maximum atomic E-state index is 5.77. The zero-order chi connectivity index (χ0) is 12.3. The summed E-state index contributed by atoms with van der Waals surface area (Å²) < 4.78 is 10.8. The number of hydrogen-bond donors (Lipinski definition) is 1. The first-order valence-electron chi connectivity index (χ1n) is 5.85. The topological polar surface area (TPSA) is 47.7 Å². The fraction of sp³-hybridized carbons (Fsp3) is 0.538. The van der Waals surface area contributed by atoms with Gasteiger partial charge in [-0.2, -0.15) is 0 Å². The summed E-state index contributed by atoms with van der Waals surface area (Å²) in [5.41, 5.74) is 7.82. The lowest BCUT2D eigenvalue weighted by Crippen LogP contribution is -2.27. The highest BCUT2D eigenvalue weighted by atomic mass is 16.5. The van der Waals surface area contributed by atoms with Gasteiger partial charge in [0.05, 0.1) is 12.2 Å². The van der Waals surface area contributed by atoms with E-state index >= 15 is 0 Å². The second-order valence-corrected chi connectivity index (χ2v) is 4.49. The molecule has 17 heavy (non-hydrogen) atoms. The molecular weight excluding hydrogens is 216 g/mol. The van der Waals surface area contributed by atoms with Crippen LogP contribution in [0.2, 0.25) is 0 Å². The van der Waals surface area contributed by atoms with Crippen LogP contribution >= 0.6 is 0 Å².